The minimum Gasteiger partial charge on any atom is -0.375 e. The lowest BCUT2D eigenvalue weighted by Gasteiger charge is -2.30. The van der Waals surface area contributed by atoms with Crippen molar-refractivity contribution in [3.63, 3.8) is 0 Å². The summed E-state index contributed by atoms with van der Waals surface area (Å²) >= 11 is 0. The maximum Gasteiger partial charge on any atom is 0.253 e. The zero-order valence-electron chi connectivity index (χ0n) is 19.3. The first-order valence-electron chi connectivity index (χ1n) is 11.2. The van der Waals surface area contributed by atoms with Gasteiger partial charge in [-0.05, 0) is 56.0 Å². The molecule has 0 bridgehead atoms. The van der Waals surface area contributed by atoms with Gasteiger partial charge in [0.05, 0.1) is 10.5 Å². The normalized spacial score (nSPS) is 14.4. The maximum atomic E-state index is 13.1. The van der Waals surface area contributed by atoms with Crippen LogP contribution in [0.15, 0.2) is 53.4 Å². The maximum absolute atomic E-state index is 13.1. The third-order valence-electron chi connectivity index (χ3n) is 5.84. The molecule has 1 heterocycles. The second-order valence-electron chi connectivity index (χ2n) is 8.38. The third kappa shape index (κ3) is 5.81. The van der Waals surface area contributed by atoms with Crippen LogP contribution in [0.25, 0.3) is 0 Å². The standard InChI is InChI=1S/C24H34N4O3S/c1-26(2)32(30,31)21-13-14-23(28-17-8-5-9-18-28)22(19-21)24(29)25-15-10-16-27(3)20-11-6-4-7-12-20/h4,6-7,11-14,19H,5,8-10,15-18H2,1-3H3,(H,25,29). The van der Waals surface area contributed by atoms with Gasteiger partial charge in [0.2, 0.25) is 10.0 Å². The Morgan fingerprint density at radius 3 is 2.34 bits per heavy atom. The number of nitrogens with one attached hydrogen (secondary N) is 1. The number of carbonyl (C=O) groups is 1. The molecule has 1 fully saturated rings. The van der Waals surface area contributed by atoms with Crippen molar-refractivity contribution in [2.75, 3.05) is 57.1 Å². The van der Waals surface area contributed by atoms with Crippen LogP contribution < -0.4 is 15.1 Å². The largest absolute Gasteiger partial charge is 0.375 e. The van der Waals surface area contributed by atoms with Gasteiger partial charge in [-0.1, -0.05) is 18.2 Å². The Balaban J connectivity index is 1.72. The van der Waals surface area contributed by atoms with Gasteiger partial charge < -0.3 is 15.1 Å². The minimum absolute atomic E-state index is 0.136. The van der Waals surface area contributed by atoms with E-state index in [1.54, 1.807) is 12.1 Å². The molecule has 0 aliphatic carbocycles. The Kier molecular flexibility index (Phi) is 8.15. The van der Waals surface area contributed by atoms with Gasteiger partial charge in [-0.2, -0.15) is 0 Å². The zero-order chi connectivity index (χ0) is 23.1. The highest BCUT2D eigenvalue weighted by atomic mass is 32.2. The summed E-state index contributed by atoms with van der Waals surface area (Å²) in [6.07, 6.45) is 4.11. The minimum atomic E-state index is -3.62. The Morgan fingerprint density at radius 2 is 1.69 bits per heavy atom. The molecule has 0 aromatic heterocycles. The monoisotopic (exact) mass is 458 g/mol. The molecule has 1 aliphatic rings. The smallest absolute Gasteiger partial charge is 0.253 e. The number of piperidine rings is 1. The van der Waals surface area contributed by atoms with Gasteiger partial charge in [-0.25, -0.2) is 12.7 Å². The van der Waals surface area contributed by atoms with Crippen LogP contribution >= 0.6 is 0 Å². The lowest BCUT2D eigenvalue weighted by molar-refractivity contribution is 0.0953. The molecule has 32 heavy (non-hydrogen) atoms. The Bertz CT molecular complexity index is 1000. The van der Waals surface area contributed by atoms with E-state index < -0.39 is 10.0 Å². The van der Waals surface area contributed by atoms with E-state index in [1.165, 1.54) is 30.9 Å². The first kappa shape index (κ1) is 24.1. The van der Waals surface area contributed by atoms with Crippen LogP contribution in [0.2, 0.25) is 0 Å². The fraction of sp³-hybridized carbons (Fsp3) is 0.458. The Labute approximate surface area is 192 Å². The van der Waals surface area contributed by atoms with Crippen LogP contribution in [0, 0.1) is 0 Å². The third-order valence-corrected chi connectivity index (χ3v) is 7.65. The van der Waals surface area contributed by atoms with E-state index >= 15 is 0 Å². The summed E-state index contributed by atoms with van der Waals surface area (Å²) in [5.41, 5.74) is 2.36. The molecular weight excluding hydrogens is 424 g/mol. The van der Waals surface area contributed by atoms with Crippen molar-refractivity contribution in [2.24, 2.45) is 0 Å². The van der Waals surface area contributed by atoms with Crippen molar-refractivity contribution in [1.82, 2.24) is 9.62 Å². The van der Waals surface area contributed by atoms with Crippen molar-refractivity contribution in [3.05, 3.63) is 54.1 Å². The van der Waals surface area contributed by atoms with Gasteiger partial charge in [0, 0.05) is 58.7 Å². The predicted octanol–water partition coefficient (Wildman–Crippen LogP) is 3.18. The van der Waals surface area contributed by atoms with E-state index in [4.69, 9.17) is 0 Å². The number of hydrogen-bond donors (Lipinski definition) is 1. The van der Waals surface area contributed by atoms with Gasteiger partial charge >= 0.3 is 0 Å². The molecule has 0 atom stereocenters. The summed E-state index contributed by atoms with van der Waals surface area (Å²) in [5.74, 6) is -0.233. The Morgan fingerprint density at radius 1 is 1.00 bits per heavy atom. The molecule has 3 rings (SSSR count). The summed E-state index contributed by atoms with van der Waals surface area (Å²) in [5, 5.41) is 2.99. The topological polar surface area (TPSA) is 73.0 Å². The molecule has 7 nitrogen and oxygen atoms in total. The molecule has 1 amide bonds. The number of amides is 1. The first-order chi connectivity index (χ1) is 15.3. The summed E-state index contributed by atoms with van der Waals surface area (Å²) < 4.78 is 26.4. The molecule has 0 unspecified atom stereocenters. The van der Waals surface area contributed by atoms with Gasteiger partial charge in [0.25, 0.3) is 5.91 Å². The summed E-state index contributed by atoms with van der Waals surface area (Å²) in [6.45, 7) is 3.07. The highest BCUT2D eigenvalue weighted by Crippen LogP contribution is 2.28. The van der Waals surface area contributed by atoms with Crippen molar-refractivity contribution >= 4 is 27.3 Å². The predicted molar refractivity (Wildman–Crippen MR) is 130 cm³/mol. The summed E-state index contributed by atoms with van der Waals surface area (Å²) in [6, 6.07) is 15.0. The first-order valence-corrected chi connectivity index (χ1v) is 12.6. The number of nitrogens with zero attached hydrogens (tertiary/aromatic N) is 3. The number of rotatable bonds is 9. The quantitative estimate of drug-likeness (QED) is 0.585. The molecule has 1 N–H and O–H groups in total. The molecule has 1 saturated heterocycles. The van der Waals surface area contributed by atoms with Crippen LogP contribution in [0.3, 0.4) is 0 Å². The average molecular weight is 459 g/mol. The van der Waals surface area contributed by atoms with Crippen LogP contribution in [-0.4, -0.2) is 66.0 Å². The lowest BCUT2D eigenvalue weighted by atomic mass is 10.1. The number of anilines is 2. The highest BCUT2D eigenvalue weighted by Gasteiger charge is 2.24. The lowest BCUT2D eigenvalue weighted by Crippen LogP contribution is -2.34. The molecule has 0 radical (unpaired) electrons. The van der Waals surface area contributed by atoms with E-state index in [0.29, 0.717) is 12.1 Å². The highest BCUT2D eigenvalue weighted by molar-refractivity contribution is 7.89. The van der Waals surface area contributed by atoms with Crippen LogP contribution in [0.4, 0.5) is 11.4 Å². The number of carbonyl (C=O) groups excluding carboxylic acids is 1. The second-order valence-corrected chi connectivity index (χ2v) is 10.5. The fourth-order valence-corrected chi connectivity index (χ4v) is 4.83. The van der Waals surface area contributed by atoms with Gasteiger partial charge in [-0.15, -0.1) is 0 Å². The van der Waals surface area contributed by atoms with E-state index in [9.17, 15) is 13.2 Å². The van der Waals surface area contributed by atoms with E-state index in [2.05, 4.69) is 27.2 Å². The van der Waals surface area contributed by atoms with E-state index in [-0.39, 0.29) is 10.8 Å². The molecule has 0 saturated carbocycles. The molecule has 174 valence electrons. The molecule has 8 heteroatoms. The summed E-state index contributed by atoms with van der Waals surface area (Å²) in [4.78, 5) is 17.6. The van der Waals surface area contributed by atoms with E-state index in [1.807, 2.05) is 25.2 Å². The Hall–Kier alpha value is -2.58. The molecule has 1 aliphatic heterocycles. The molecule has 2 aromatic carbocycles. The van der Waals surface area contributed by atoms with Crippen LogP contribution in [-0.2, 0) is 10.0 Å². The van der Waals surface area contributed by atoms with Gasteiger partial charge in [0.15, 0.2) is 0 Å². The molecular formula is C24H34N4O3S. The van der Waals surface area contributed by atoms with Crippen LogP contribution in [0.5, 0.6) is 0 Å². The number of benzene rings is 2. The second kappa shape index (κ2) is 10.8. The van der Waals surface area contributed by atoms with Crippen molar-refractivity contribution in [3.8, 4) is 0 Å². The zero-order valence-corrected chi connectivity index (χ0v) is 20.1. The van der Waals surface area contributed by atoms with Gasteiger partial charge in [-0.3, -0.25) is 4.79 Å². The molecule has 2 aromatic rings. The average Bonchev–Trinajstić information content (AvgIpc) is 2.82. The number of hydrogen-bond acceptors (Lipinski definition) is 5. The number of sulfonamides is 1. The number of para-hydroxylation sites is 1. The summed E-state index contributed by atoms with van der Waals surface area (Å²) in [7, 11) is 1.40. The van der Waals surface area contributed by atoms with Crippen LogP contribution in [0.1, 0.15) is 36.0 Å². The van der Waals surface area contributed by atoms with E-state index in [0.717, 1.165) is 50.3 Å². The van der Waals surface area contributed by atoms with Crippen molar-refractivity contribution < 1.29 is 13.2 Å². The van der Waals surface area contributed by atoms with Gasteiger partial charge in [0.1, 0.15) is 0 Å². The van der Waals surface area contributed by atoms with Crippen molar-refractivity contribution in [2.45, 2.75) is 30.6 Å². The van der Waals surface area contributed by atoms with Crippen molar-refractivity contribution in [1.29, 1.82) is 0 Å². The molecule has 0 spiro atoms. The SMILES string of the molecule is CN(CCCNC(=O)c1cc(S(=O)(=O)N(C)C)ccc1N1CCCCC1)c1ccccc1. The fourth-order valence-electron chi connectivity index (χ4n) is 3.90.